The van der Waals surface area contributed by atoms with Crippen molar-refractivity contribution >= 4 is 52.7 Å². The number of benzene rings is 4. The van der Waals surface area contributed by atoms with Gasteiger partial charge in [-0.2, -0.15) is 0 Å². The zero-order valence-corrected chi connectivity index (χ0v) is 35.0. The van der Waals surface area contributed by atoms with Crippen molar-refractivity contribution in [1.82, 2.24) is 4.23 Å². The maximum absolute atomic E-state index is 15.4. The van der Waals surface area contributed by atoms with Crippen molar-refractivity contribution in [3.8, 4) is 6.19 Å². The van der Waals surface area contributed by atoms with Crippen molar-refractivity contribution in [1.29, 1.82) is 0 Å². The summed E-state index contributed by atoms with van der Waals surface area (Å²) in [6.45, 7) is 21.0. The van der Waals surface area contributed by atoms with Crippen molar-refractivity contribution in [2.45, 2.75) is 58.9 Å². The van der Waals surface area contributed by atoms with Gasteiger partial charge in [-0.25, -0.2) is 87.8 Å². The predicted molar refractivity (Wildman–Crippen MR) is 188 cm³/mol. The van der Waals surface area contributed by atoms with Gasteiger partial charge in [0, 0.05) is 0 Å². The normalized spacial score (nSPS) is 12.3. The third-order valence-electron chi connectivity index (χ3n) is 8.53. The molecule has 0 radical (unpaired) electrons. The first-order valence-electron chi connectivity index (χ1n) is 16.6. The maximum atomic E-state index is 15.4. The van der Waals surface area contributed by atoms with Crippen molar-refractivity contribution in [3.63, 3.8) is 0 Å². The van der Waals surface area contributed by atoms with Gasteiger partial charge in [-0.15, -0.1) is 21.9 Å². The Kier molecular flexibility index (Phi) is 13.9. The van der Waals surface area contributed by atoms with Crippen molar-refractivity contribution in [2.75, 3.05) is 0 Å². The molecule has 4 rings (SSSR count). The monoisotopic (exact) mass is 938 g/mol. The number of nitrogens with zero attached hydrogens (tertiary/aromatic N) is 2. The van der Waals surface area contributed by atoms with Crippen LogP contribution in [-0.2, 0) is 0 Å². The molecule has 0 unspecified atom stereocenters. The van der Waals surface area contributed by atoms with Gasteiger partial charge in [0.2, 0.25) is 16.5 Å². The Hall–Kier alpha value is -4.51. The van der Waals surface area contributed by atoms with E-state index in [2.05, 4.69) is 73.9 Å². The maximum Gasteiger partial charge on any atom is 0.377 e. The topological polar surface area (TPSA) is 7.60 Å². The molecule has 328 valence electrons. The molecule has 0 bridgehead atoms. The molecular formula is C34H27BF20N2Si3. The molecule has 0 atom stereocenters. The third kappa shape index (κ3) is 8.27. The van der Waals surface area contributed by atoms with Crippen LogP contribution in [0, 0.1) is 123 Å². The van der Waals surface area contributed by atoms with Crippen LogP contribution in [0.15, 0.2) is 0 Å². The predicted octanol–water partition coefficient (Wildman–Crippen LogP) is 9.93. The molecule has 0 saturated heterocycles. The summed E-state index contributed by atoms with van der Waals surface area (Å²) in [6.07, 6.45) is -3.83. The molecule has 4 aromatic rings. The van der Waals surface area contributed by atoms with Crippen molar-refractivity contribution in [3.05, 3.63) is 121 Å². The summed E-state index contributed by atoms with van der Waals surface area (Å²) >= 11 is 0. The van der Waals surface area contributed by atoms with Gasteiger partial charge < -0.3 is 4.23 Å². The SMILES string of the molecule is C[Si](C)(C)[N+]#CN([Si](C)(C)C)[Si](C)(C)C.Fc1c(F)c(F)c([B-](c2c(F)c(F)c(F)c(F)c2F)(c2c(F)c(F)c(F)c(F)c2F)c2c(F)c(F)c(F)c(F)c2F)c(F)c1F. The first-order chi connectivity index (χ1) is 27.0. The molecule has 0 spiro atoms. The van der Waals surface area contributed by atoms with Gasteiger partial charge in [-0.3, -0.25) is 4.51 Å². The quantitative estimate of drug-likeness (QED) is 0.0467. The van der Waals surface area contributed by atoms with Gasteiger partial charge in [0.15, 0.2) is 69.8 Å². The fourth-order valence-corrected chi connectivity index (χ4v) is 15.7. The molecule has 0 aliphatic carbocycles. The van der Waals surface area contributed by atoms with Crippen LogP contribution in [0.1, 0.15) is 0 Å². The molecule has 0 heterocycles. The van der Waals surface area contributed by atoms with E-state index < -0.39 is 169 Å². The Morgan fingerprint density at radius 1 is 0.300 bits per heavy atom. The summed E-state index contributed by atoms with van der Waals surface area (Å²) in [5, 5.41) is 0. The Bertz CT molecular complexity index is 2070. The van der Waals surface area contributed by atoms with Crippen LogP contribution in [0.3, 0.4) is 0 Å². The fourth-order valence-electron chi connectivity index (χ4n) is 6.38. The Morgan fingerprint density at radius 2 is 0.450 bits per heavy atom. The highest BCUT2D eigenvalue weighted by Gasteiger charge is 2.52. The minimum atomic E-state index is -7.22. The zero-order chi connectivity index (χ0) is 46.8. The summed E-state index contributed by atoms with van der Waals surface area (Å²) in [7, 11) is -3.98. The van der Waals surface area contributed by atoms with Crippen LogP contribution in [-0.4, -0.2) is 35.1 Å². The zero-order valence-electron chi connectivity index (χ0n) is 32.0. The van der Waals surface area contributed by atoms with Gasteiger partial charge >= 0.3 is 14.4 Å². The minimum absolute atomic E-state index is 1.31. The van der Waals surface area contributed by atoms with Crippen LogP contribution >= 0.6 is 0 Å². The summed E-state index contributed by atoms with van der Waals surface area (Å²) < 4.78 is 301. The van der Waals surface area contributed by atoms with Crippen LogP contribution in [0.5, 0.6) is 0 Å². The van der Waals surface area contributed by atoms with E-state index in [-0.39, 0.29) is 0 Å². The van der Waals surface area contributed by atoms with Crippen LogP contribution < -0.4 is 21.9 Å². The molecule has 2 nitrogen and oxygen atoms in total. The Morgan fingerprint density at radius 3 is 0.583 bits per heavy atom. The highest BCUT2D eigenvalue weighted by Crippen LogP contribution is 2.31. The first kappa shape index (κ1) is 49.8. The molecular weight excluding hydrogens is 911 g/mol. The number of hydrogen-bond acceptors (Lipinski definition) is 1. The number of hydrogen-bond donors (Lipinski definition) is 0. The van der Waals surface area contributed by atoms with E-state index in [1.807, 2.05) is 0 Å². The van der Waals surface area contributed by atoms with E-state index in [1.165, 1.54) is 0 Å². The lowest BCUT2D eigenvalue weighted by molar-refractivity contribution is 0.378. The van der Waals surface area contributed by atoms with E-state index in [0.717, 1.165) is 0 Å². The molecule has 0 fully saturated rings. The third-order valence-corrected chi connectivity index (χ3v) is 16.2. The summed E-state index contributed by atoms with van der Waals surface area (Å²) in [6, 6.07) is 0. The van der Waals surface area contributed by atoms with Gasteiger partial charge in [0.1, 0.15) is 52.7 Å². The minimum Gasteiger partial charge on any atom is -0.310 e. The summed E-state index contributed by atoms with van der Waals surface area (Å²) in [5.74, 6) is -71.4. The molecule has 60 heavy (non-hydrogen) atoms. The lowest BCUT2D eigenvalue weighted by atomic mass is 9.12. The molecule has 26 heteroatoms. The number of rotatable bonds is 6. The van der Waals surface area contributed by atoms with Gasteiger partial charge in [0.05, 0.1) is 0 Å². The highest BCUT2D eigenvalue weighted by atomic mass is 28.4. The Labute approximate surface area is 330 Å². The molecule has 0 aliphatic rings. The number of halogens is 20. The molecule has 0 N–H and O–H groups in total. The van der Waals surface area contributed by atoms with E-state index in [4.69, 9.17) is 0 Å². The van der Waals surface area contributed by atoms with Gasteiger partial charge in [-0.1, -0.05) is 0 Å². The van der Waals surface area contributed by atoms with Crippen molar-refractivity contribution < 1.29 is 87.8 Å². The van der Waals surface area contributed by atoms with Crippen LogP contribution in [0.4, 0.5) is 87.8 Å². The second kappa shape index (κ2) is 16.7. The summed E-state index contributed by atoms with van der Waals surface area (Å²) in [5.41, 5.74) is -14.3. The fraction of sp³-hybridized carbons (Fsp3) is 0.265. The van der Waals surface area contributed by atoms with E-state index in [1.54, 1.807) is 0 Å². The second-order valence-corrected chi connectivity index (χ2v) is 30.5. The van der Waals surface area contributed by atoms with Crippen LogP contribution in [0.25, 0.3) is 4.51 Å². The van der Waals surface area contributed by atoms with Crippen LogP contribution in [0.2, 0.25) is 58.9 Å². The smallest absolute Gasteiger partial charge is 0.310 e. The van der Waals surface area contributed by atoms with E-state index in [9.17, 15) is 52.7 Å². The average molecular weight is 939 g/mol. The van der Waals surface area contributed by atoms with Gasteiger partial charge in [-0.05, 0) is 58.9 Å². The van der Waals surface area contributed by atoms with E-state index >= 15 is 35.1 Å². The molecule has 0 aliphatic heterocycles. The van der Waals surface area contributed by atoms with Crippen molar-refractivity contribution in [2.24, 2.45) is 0 Å². The highest BCUT2D eigenvalue weighted by molar-refractivity contribution is 7.20. The molecule has 0 amide bonds. The standard InChI is InChI=1S/C24BF20.C10H27N2Si3/c26-5-1(6(27)14(35)21(42)13(5)34)25(2-7(28)15(36)22(43)16(37)8(2)29,3-9(30)17(38)23(44)18(39)10(3)31)4-11(32)19(40)24(45)20(41)12(4)33;1-13(2,3)11-10-12(14(4,5)6)15(7,8)9/h;1-9H3/q-1;+1. The molecule has 0 aromatic heterocycles. The van der Waals surface area contributed by atoms with E-state index in [0.29, 0.717) is 0 Å². The molecule has 0 saturated carbocycles. The molecule has 4 aromatic carbocycles. The average Bonchev–Trinajstić information content (AvgIpc) is 3.13. The second-order valence-electron chi connectivity index (χ2n) is 15.9. The lowest BCUT2D eigenvalue weighted by Gasteiger charge is -2.44. The van der Waals surface area contributed by atoms with Gasteiger partial charge in [0.25, 0.3) is 0 Å². The summed E-state index contributed by atoms with van der Waals surface area (Å²) in [4.78, 5) is 0. The largest absolute Gasteiger partial charge is 0.377 e. The lowest BCUT2D eigenvalue weighted by Crippen LogP contribution is -2.81. The Balaban J connectivity index is 0.000000544. The first-order valence-corrected chi connectivity index (χ1v) is 26.9.